The topological polar surface area (TPSA) is 49.4 Å². The second kappa shape index (κ2) is 6.13. The molecular formula is C15H19FN2O2. The highest BCUT2D eigenvalue weighted by Crippen LogP contribution is 2.17. The molecule has 0 aromatic heterocycles. The lowest BCUT2D eigenvalue weighted by Gasteiger charge is -2.21. The van der Waals surface area contributed by atoms with E-state index < -0.39 is 0 Å². The Labute approximate surface area is 118 Å². The Morgan fingerprint density at radius 1 is 1.40 bits per heavy atom. The van der Waals surface area contributed by atoms with Crippen LogP contribution in [0.2, 0.25) is 0 Å². The van der Waals surface area contributed by atoms with Crippen molar-refractivity contribution in [2.75, 3.05) is 13.6 Å². The van der Waals surface area contributed by atoms with Crippen LogP contribution in [0.1, 0.15) is 18.9 Å². The lowest BCUT2D eigenvalue weighted by molar-refractivity contribution is -0.132. The molecule has 0 spiro atoms. The summed E-state index contributed by atoms with van der Waals surface area (Å²) in [6.07, 6.45) is 0.524. The highest BCUT2D eigenvalue weighted by atomic mass is 19.1. The third kappa shape index (κ3) is 3.22. The third-order valence-electron chi connectivity index (χ3n) is 3.75. The molecule has 0 saturated carbocycles. The summed E-state index contributed by atoms with van der Waals surface area (Å²) in [7, 11) is 1.65. The molecule has 4 nitrogen and oxygen atoms in total. The van der Waals surface area contributed by atoms with Crippen LogP contribution in [0.25, 0.3) is 0 Å². The number of nitrogens with zero attached hydrogens (tertiary/aromatic N) is 1. The molecule has 2 atom stereocenters. The minimum Gasteiger partial charge on any atom is -0.340 e. The van der Waals surface area contributed by atoms with Crippen molar-refractivity contribution in [1.82, 2.24) is 10.2 Å². The second-order valence-corrected chi connectivity index (χ2v) is 5.29. The molecule has 1 aromatic rings. The van der Waals surface area contributed by atoms with Crippen LogP contribution < -0.4 is 5.32 Å². The zero-order chi connectivity index (χ0) is 14.7. The van der Waals surface area contributed by atoms with Crippen LogP contribution >= 0.6 is 0 Å². The van der Waals surface area contributed by atoms with Gasteiger partial charge in [0.1, 0.15) is 11.6 Å². The minimum absolute atomic E-state index is 0.0918. The van der Waals surface area contributed by atoms with Crippen molar-refractivity contribution in [3.8, 4) is 0 Å². The fourth-order valence-electron chi connectivity index (χ4n) is 2.46. The minimum atomic E-state index is -0.347. The Morgan fingerprint density at radius 2 is 2.10 bits per heavy atom. The SMILES string of the molecule is CC(=O)C1CNC(C(=O)N(C)Cc2ccccc2F)C1. The summed E-state index contributed by atoms with van der Waals surface area (Å²) in [5.74, 6) is -0.402. The Kier molecular flexibility index (Phi) is 4.49. The van der Waals surface area contributed by atoms with Crippen molar-refractivity contribution < 1.29 is 14.0 Å². The van der Waals surface area contributed by atoms with Crippen LogP contribution in [-0.4, -0.2) is 36.2 Å². The van der Waals surface area contributed by atoms with Gasteiger partial charge < -0.3 is 10.2 Å². The Bertz CT molecular complexity index is 518. The standard InChI is InChI=1S/C15H19FN2O2/c1-10(19)12-7-14(17-8-12)15(20)18(2)9-11-5-3-4-6-13(11)16/h3-6,12,14,17H,7-9H2,1-2H3. The van der Waals surface area contributed by atoms with Gasteiger partial charge in [-0.15, -0.1) is 0 Å². The van der Waals surface area contributed by atoms with Gasteiger partial charge in [0, 0.05) is 31.6 Å². The molecule has 20 heavy (non-hydrogen) atoms. The molecule has 0 radical (unpaired) electrons. The van der Waals surface area contributed by atoms with Crippen LogP contribution in [0, 0.1) is 11.7 Å². The zero-order valence-corrected chi connectivity index (χ0v) is 11.7. The quantitative estimate of drug-likeness (QED) is 0.904. The predicted octanol–water partition coefficient (Wildman–Crippen LogP) is 1.35. The molecule has 0 aliphatic carbocycles. The first-order valence-electron chi connectivity index (χ1n) is 6.71. The number of carbonyl (C=O) groups is 2. The fourth-order valence-corrected chi connectivity index (χ4v) is 2.46. The largest absolute Gasteiger partial charge is 0.340 e. The predicted molar refractivity (Wildman–Crippen MR) is 73.5 cm³/mol. The Morgan fingerprint density at radius 3 is 2.70 bits per heavy atom. The van der Waals surface area contributed by atoms with Gasteiger partial charge in [-0.25, -0.2) is 4.39 Å². The summed E-state index contributed by atoms with van der Waals surface area (Å²) in [5.41, 5.74) is 0.490. The van der Waals surface area contributed by atoms with Crippen molar-refractivity contribution in [2.45, 2.75) is 25.9 Å². The molecule has 0 bridgehead atoms. The van der Waals surface area contributed by atoms with E-state index in [1.807, 2.05) is 0 Å². The van der Waals surface area contributed by atoms with Gasteiger partial charge in [-0.3, -0.25) is 9.59 Å². The van der Waals surface area contributed by atoms with E-state index in [4.69, 9.17) is 0 Å². The number of amides is 1. The number of nitrogens with one attached hydrogen (secondary N) is 1. The normalized spacial score (nSPS) is 21.8. The first kappa shape index (κ1) is 14.7. The number of rotatable bonds is 4. The van der Waals surface area contributed by atoms with E-state index in [-0.39, 0.29) is 36.0 Å². The molecule has 1 amide bonds. The lowest BCUT2D eigenvalue weighted by atomic mass is 10.0. The maximum absolute atomic E-state index is 13.6. The average molecular weight is 278 g/mol. The molecule has 1 aromatic carbocycles. The number of benzene rings is 1. The van der Waals surface area contributed by atoms with E-state index in [0.717, 1.165) is 0 Å². The number of likely N-dealkylation sites (N-methyl/N-ethyl adjacent to an activating group) is 1. The molecule has 1 aliphatic rings. The first-order chi connectivity index (χ1) is 9.49. The Balaban J connectivity index is 1.96. The second-order valence-electron chi connectivity index (χ2n) is 5.29. The van der Waals surface area contributed by atoms with Crippen LogP contribution in [0.5, 0.6) is 0 Å². The fraction of sp³-hybridized carbons (Fsp3) is 0.467. The summed E-state index contributed by atoms with van der Waals surface area (Å²) in [4.78, 5) is 25.1. The molecule has 2 rings (SSSR count). The van der Waals surface area contributed by atoms with Crippen LogP contribution in [0.4, 0.5) is 4.39 Å². The third-order valence-corrected chi connectivity index (χ3v) is 3.75. The lowest BCUT2D eigenvalue weighted by Crippen LogP contribution is -2.41. The molecule has 1 N–H and O–H groups in total. The van der Waals surface area contributed by atoms with E-state index in [1.54, 1.807) is 32.2 Å². The van der Waals surface area contributed by atoms with Crippen molar-refractivity contribution in [2.24, 2.45) is 5.92 Å². The molecule has 1 fully saturated rings. The first-order valence-corrected chi connectivity index (χ1v) is 6.71. The average Bonchev–Trinajstić information content (AvgIpc) is 2.90. The van der Waals surface area contributed by atoms with Gasteiger partial charge in [-0.2, -0.15) is 0 Å². The molecule has 1 saturated heterocycles. The van der Waals surface area contributed by atoms with E-state index in [1.165, 1.54) is 11.0 Å². The van der Waals surface area contributed by atoms with Gasteiger partial charge in [-0.1, -0.05) is 18.2 Å². The summed E-state index contributed by atoms with van der Waals surface area (Å²) >= 11 is 0. The van der Waals surface area contributed by atoms with Crippen molar-refractivity contribution in [3.63, 3.8) is 0 Å². The van der Waals surface area contributed by atoms with Gasteiger partial charge >= 0.3 is 0 Å². The van der Waals surface area contributed by atoms with E-state index in [9.17, 15) is 14.0 Å². The van der Waals surface area contributed by atoms with Gasteiger partial charge in [0.2, 0.25) is 5.91 Å². The van der Waals surface area contributed by atoms with Crippen molar-refractivity contribution in [3.05, 3.63) is 35.6 Å². The number of Topliss-reactive ketones (excluding diaryl/α,β-unsaturated/α-hetero) is 1. The number of hydrogen-bond acceptors (Lipinski definition) is 3. The number of halogens is 1. The molecular weight excluding hydrogens is 259 g/mol. The molecule has 1 heterocycles. The van der Waals surface area contributed by atoms with Gasteiger partial charge in [0.15, 0.2) is 0 Å². The Hall–Kier alpha value is -1.75. The highest BCUT2D eigenvalue weighted by molar-refractivity contribution is 5.85. The molecule has 2 unspecified atom stereocenters. The van der Waals surface area contributed by atoms with Crippen molar-refractivity contribution >= 4 is 11.7 Å². The molecule has 1 aliphatic heterocycles. The van der Waals surface area contributed by atoms with E-state index in [2.05, 4.69) is 5.32 Å². The van der Waals surface area contributed by atoms with Crippen molar-refractivity contribution in [1.29, 1.82) is 0 Å². The summed E-state index contributed by atoms with van der Waals surface area (Å²) < 4.78 is 13.6. The summed E-state index contributed by atoms with van der Waals surface area (Å²) in [6.45, 7) is 2.32. The monoisotopic (exact) mass is 278 g/mol. The van der Waals surface area contributed by atoms with E-state index in [0.29, 0.717) is 18.5 Å². The van der Waals surface area contributed by atoms with Crippen LogP contribution in [-0.2, 0) is 16.1 Å². The number of ketones is 1. The molecule has 5 heteroatoms. The van der Waals surface area contributed by atoms with E-state index >= 15 is 0 Å². The maximum atomic E-state index is 13.6. The van der Waals surface area contributed by atoms with Crippen LogP contribution in [0.3, 0.4) is 0 Å². The van der Waals surface area contributed by atoms with Crippen LogP contribution in [0.15, 0.2) is 24.3 Å². The number of hydrogen-bond donors (Lipinski definition) is 1. The highest BCUT2D eigenvalue weighted by Gasteiger charge is 2.33. The smallest absolute Gasteiger partial charge is 0.239 e. The molecule has 108 valence electrons. The zero-order valence-electron chi connectivity index (χ0n) is 11.7. The maximum Gasteiger partial charge on any atom is 0.239 e. The summed E-state index contributed by atoms with van der Waals surface area (Å²) in [6, 6.07) is 6.07. The summed E-state index contributed by atoms with van der Waals surface area (Å²) in [5, 5.41) is 3.06. The number of carbonyl (C=O) groups excluding carboxylic acids is 2. The van der Waals surface area contributed by atoms with Gasteiger partial charge in [0.05, 0.1) is 6.04 Å². The van der Waals surface area contributed by atoms with Gasteiger partial charge in [-0.05, 0) is 19.4 Å². The van der Waals surface area contributed by atoms with Gasteiger partial charge in [0.25, 0.3) is 0 Å².